The van der Waals surface area contributed by atoms with E-state index < -0.39 is 0 Å². The summed E-state index contributed by atoms with van der Waals surface area (Å²) in [5.74, 6) is 1.59. The molecule has 0 aromatic carbocycles. The quantitative estimate of drug-likeness (QED) is 0.638. The van der Waals surface area contributed by atoms with E-state index in [1.54, 1.807) is 0 Å². The molecule has 1 aromatic rings. The zero-order valence-corrected chi connectivity index (χ0v) is 11.0. The first-order valence-electron chi connectivity index (χ1n) is 6.88. The van der Waals surface area contributed by atoms with E-state index in [2.05, 4.69) is 17.1 Å². The lowest BCUT2D eigenvalue weighted by atomic mass is 10.1. The fourth-order valence-corrected chi connectivity index (χ4v) is 1.81. The molecule has 4 heteroatoms. The number of nitrogens with zero attached hydrogens (tertiary/aromatic N) is 2. The van der Waals surface area contributed by atoms with Gasteiger partial charge in [0.05, 0.1) is 0 Å². The van der Waals surface area contributed by atoms with E-state index in [-0.39, 0.29) is 0 Å². The van der Waals surface area contributed by atoms with Crippen LogP contribution in [0.15, 0.2) is 4.52 Å². The molecule has 0 bridgehead atoms. The molecule has 1 aromatic heterocycles. The van der Waals surface area contributed by atoms with Crippen molar-refractivity contribution >= 4 is 0 Å². The molecule has 0 atom stereocenters. The van der Waals surface area contributed by atoms with Gasteiger partial charge in [0, 0.05) is 12.8 Å². The fourth-order valence-electron chi connectivity index (χ4n) is 1.81. The number of nitrogens with two attached hydrogens (primary N) is 1. The molecule has 4 nitrogen and oxygen atoms in total. The molecular weight excluding hydrogens is 214 g/mol. The molecule has 0 saturated carbocycles. The van der Waals surface area contributed by atoms with E-state index in [4.69, 9.17) is 10.3 Å². The Hall–Kier alpha value is -0.900. The summed E-state index contributed by atoms with van der Waals surface area (Å²) in [6.07, 6.45) is 10.4. The number of unbranched alkanes of at least 4 members (excludes halogenated alkanes) is 5. The highest BCUT2D eigenvalue weighted by molar-refractivity contribution is 4.86. The average Bonchev–Trinajstić information content (AvgIpc) is 2.79. The molecule has 0 saturated heterocycles. The number of aromatic nitrogens is 2. The van der Waals surface area contributed by atoms with Crippen molar-refractivity contribution in [2.24, 2.45) is 5.73 Å². The van der Waals surface area contributed by atoms with Crippen molar-refractivity contribution in [1.29, 1.82) is 0 Å². The zero-order chi connectivity index (χ0) is 12.3. The minimum absolute atomic E-state index is 0.682. The van der Waals surface area contributed by atoms with Gasteiger partial charge < -0.3 is 10.3 Å². The third kappa shape index (κ3) is 6.41. The van der Waals surface area contributed by atoms with Crippen LogP contribution in [0.4, 0.5) is 0 Å². The highest BCUT2D eigenvalue weighted by Crippen LogP contribution is 2.09. The molecule has 0 aliphatic carbocycles. The van der Waals surface area contributed by atoms with Gasteiger partial charge in [-0.15, -0.1) is 0 Å². The van der Waals surface area contributed by atoms with Crippen molar-refractivity contribution in [2.75, 3.05) is 6.54 Å². The van der Waals surface area contributed by atoms with E-state index >= 15 is 0 Å². The second-order valence-corrected chi connectivity index (χ2v) is 4.51. The Morgan fingerprint density at radius 3 is 2.53 bits per heavy atom. The summed E-state index contributed by atoms with van der Waals surface area (Å²) in [6.45, 7) is 2.92. The Labute approximate surface area is 104 Å². The van der Waals surface area contributed by atoms with Crippen molar-refractivity contribution in [3.63, 3.8) is 0 Å². The Balaban J connectivity index is 2.08. The van der Waals surface area contributed by atoms with Gasteiger partial charge in [0.15, 0.2) is 5.82 Å². The van der Waals surface area contributed by atoms with Crippen LogP contribution in [0.25, 0.3) is 0 Å². The summed E-state index contributed by atoms with van der Waals surface area (Å²) in [7, 11) is 0. The molecule has 17 heavy (non-hydrogen) atoms. The van der Waals surface area contributed by atoms with Crippen molar-refractivity contribution in [1.82, 2.24) is 10.1 Å². The van der Waals surface area contributed by atoms with Crippen LogP contribution >= 0.6 is 0 Å². The lowest BCUT2D eigenvalue weighted by Gasteiger charge is -1.97. The van der Waals surface area contributed by atoms with Crippen LogP contribution in [0.5, 0.6) is 0 Å². The zero-order valence-electron chi connectivity index (χ0n) is 11.0. The topological polar surface area (TPSA) is 64.9 Å². The summed E-state index contributed by atoms with van der Waals surface area (Å²) in [5.41, 5.74) is 5.44. The molecule has 2 N–H and O–H groups in total. The second-order valence-electron chi connectivity index (χ2n) is 4.51. The third-order valence-corrected chi connectivity index (χ3v) is 2.86. The van der Waals surface area contributed by atoms with Gasteiger partial charge in [0.2, 0.25) is 5.89 Å². The first kappa shape index (κ1) is 14.2. The molecule has 0 aliphatic rings. The summed E-state index contributed by atoms with van der Waals surface area (Å²) < 4.78 is 5.19. The van der Waals surface area contributed by atoms with Gasteiger partial charge in [0.25, 0.3) is 0 Å². The van der Waals surface area contributed by atoms with Crippen LogP contribution in [-0.4, -0.2) is 16.7 Å². The lowest BCUT2D eigenvalue weighted by molar-refractivity contribution is 0.368. The summed E-state index contributed by atoms with van der Waals surface area (Å²) >= 11 is 0. The lowest BCUT2D eigenvalue weighted by Crippen LogP contribution is -2.01. The van der Waals surface area contributed by atoms with Gasteiger partial charge >= 0.3 is 0 Å². The predicted octanol–water partition coefficient (Wildman–Crippen LogP) is 2.86. The Morgan fingerprint density at radius 2 is 1.76 bits per heavy atom. The molecule has 0 spiro atoms. The van der Waals surface area contributed by atoms with E-state index in [0.29, 0.717) is 6.54 Å². The SMILES string of the molecule is CCCCCCCCc1nc(CCCN)no1. The molecule has 0 amide bonds. The molecule has 0 unspecified atom stereocenters. The minimum Gasteiger partial charge on any atom is -0.339 e. The van der Waals surface area contributed by atoms with Crippen molar-refractivity contribution < 1.29 is 4.52 Å². The first-order valence-corrected chi connectivity index (χ1v) is 6.88. The van der Waals surface area contributed by atoms with Crippen molar-refractivity contribution in [3.05, 3.63) is 11.7 Å². The molecular formula is C13H25N3O. The summed E-state index contributed by atoms with van der Waals surface area (Å²) in [6, 6.07) is 0. The van der Waals surface area contributed by atoms with Crippen LogP contribution in [0.2, 0.25) is 0 Å². The van der Waals surface area contributed by atoms with Gasteiger partial charge in [-0.3, -0.25) is 0 Å². The number of aryl methyl sites for hydroxylation is 2. The van der Waals surface area contributed by atoms with Crippen LogP contribution in [0.3, 0.4) is 0 Å². The van der Waals surface area contributed by atoms with Gasteiger partial charge in [-0.2, -0.15) is 4.98 Å². The fraction of sp³-hybridized carbons (Fsp3) is 0.846. The maximum Gasteiger partial charge on any atom is 0.226 e. The second kappa shape index (κ2) is 9.16. The molecule has 1 heterocycles. The number of rotatable bonds is 10. The molecule has 1 rings (SSSR count). The largest absolute Gasteiger partial charge is 0.339 e. The van der Waals surface area contributed by atoms with Crippen LogP contribution in [-0.2, 0) is 12.8 Å². The summed E-state index contributed by atoms with van der Waals surface area (Å²) in [5, 5.41) is 3.94. The Kier molecular flexibility index (Phi) is 7.63. The minimum atomic E-state index is 0.682. The van der Waals surface area contributed by atoms with E-state index in [0.717, 1.165) is 37.4 Å². The predicted molar refractivity (Wildman–Crippen MR) is 68.8 cm³/mol. The Morgan fingerprint density at radius 1 is 1.00 bits per heavy atom. The van der Waals surface area contributed by atoms with Crippen molar-refractivity contribution in [2.45, 2.75) is 64.7 Å². The van der Waals surface area contributed by atoms with Crippen LogP contribution < -0.4 is 5.73 Å². The highest BCUT2D eigenvalue weighted by atomic mass is 16.5. The normalized spacial score (nSPS) is 10.9. The average molecular weight is 239 g/mol. The molecule has 0 aliphatic heterocycles. The Bertz CT molecular complexity index is 286. The van der Waals surface area contributed by atoms with Gasteiger partial charge in [-0.25, -0.2) is 0 Å². The van der Waals surface area contributed by atoms with Crippen LogP contribution in [0.1, 0.15) is 63.6 Å². The van der Waals surface area contributed by atoms with Gasteiger partial charge in [-0.1, -0.05) is 44.2 Å². The van der Waals surface area contributed by atoms with Crippen molar-refractivity contribution in [3.8, 4) is 0 Å². The highest BCUT2D eigenvalue weighted by Gasteiger charge is 2.05. The maximum atomic E-state index is 5.44. The molecule has 98 valence electrons. The third-order valence-electron chi connectivity index (χ3n) is 2.86. The first-order chi connectivity index (χ1) is 8.36. The smallest absolute Gasteiger partial charge is 0.226 e. The molecule has 0 fully saturated rings. The van der Waals surface area contributed by atoms with Gasteiger partial charge in [0.1, 0.15) is 0 Å². The molecule has 0 radical (unpaired) electrons. The maximum absolute atomic E-state index is 5.44. The van der Waals surface area contributed by atoms with Gasteiger partial charge in [-0.05, 0) is 19.4 Å². The number of hydrogen-bond acceptors (Lipinski definition) is 4. The van der Waals surface area contributed by atoms with E-state index in [1.165, 1.54) is 32.1 Å². The van der Waals surface area contributed by atoms with E-state index in [9.17, 15) is 0 Å². The monoisotopic (exact) mass is 239 g/mol. The van der Waals surface area contributed by atoms with E-state index in [1.807, 2.05) is 0 Å². The summed E-state index contributed by atoms with van der Waals surface area (Å²) in [4.78, 5) is 4.35. The van der Waals surface area contributed by atoms with Crippen LogP contribution in [0, 0.1) is 0 Å². The number of hydrogen-bond donors (Lipinski definition) is 1. The standard InChI is InChI=1S/C13H25N3O/c1-2-3-4-5-6-7-10-13-15-12(16-17-13)9-8-11-14/h2-11,14H2,1H3.